The molecule has 0 radical (unpaired) electrons. The number of hydrogen-bond donors (Lipinski definition) is 2. The lowest BCUT2D eigenvalue weighted by molar-refractivity contribution is 1.08. The first kappa shape index (κ1) is 27.3. The molecule has 0 saturated heterocycles. The highest BCUT2D eigenvalue weighted by atomic mass is 15.2. The third kappa shape index (κ3) is 4.21. The van der Waals surface area contributed by atoms with E-state index in [1.54, 1.807) is 0 Å². The summed E-state index contributed by atoms with van der Waals surface area (Å²) in [4.78, 5) is 45.5. The monoisotopic (exact) mass is 586 g/mol. The number of nitrogens with zero attached hydrogens (tertiary/aromatic N) is 10. The van der Waals surface area contributed by atoms with E-state index in [9.17, 15) is 0 Å². The fraction of sp³-hybridized carbons (Fsp3) is 0.250. The van der Waals surface area contributed by atoms with Gasteiger partial charge in [-0.25, -0.2) is 29.9 Å². The van der Waals surface area contributed by atoms with Gasteiger partial charge in [-0.1, -0.05) is 48.5 Å². The Morgan fingerprint density at radius 1 is 0.364 bits per heavy atom. The predicted molar refractivity (Wildman–Crippen MR) is 178 cm³/mol. The topological polar surface area (TPSA) is 122 Å². The molecule has 0 amide bonds. The Morgan fingerprint density at radius 2 is 0.591 bits per heavy atom. The van der Waals surface area contributed by atoms with E-state index in [0.29, 0.717) is 45.9 Å². The summed E-state index contributed by atoms with van der Waals surface area (Å²) in [5.74, 6) is 2.29. The molecule has 0 unspecified atom stereocenters. The fourth-order valence-corrected chi connectivity index (χ4v) is 5.88. The summed E-state index contributed by atoms with van der Waals surface area (Å²) in [6.07, 6.45) is 0. The van der Waals surface area contributed by atoms with E-state index in [4.69, 9.17) is 29.9 Å². The van der Waals surface area contributed by atoms with Crippen LogP contribution in [0.25, 0.3) is 68.1 Å². The van der Waals surface area contributed by atoms with Crippen molar-refractivity contribution in [3.05, 3.63) is 48.5 Å². The van der Waals surface area contributed by atoms with E-state index in [-0.39, 0.29) is 0 Å². The quantitative estimate of drug-likeness (QED) is 0.297. The summed E-state index contributed by atoms with van der Waals surface area (Å²) in [6, 6.07) is 16.1. The molecule has 12 nitrogen and oxygen atoms in total. The van der Waals surface area contributed by atoms with Crippen LogP contribution in [-0.4, -0.2) is 96.3 Å². The summed E-state index contributed by atoms with van der Waals surface area (Å²) in [5.41, 5.74) is 9.77. The lowest BCUT2D eigenvalue weighted by atomic mass is 10.1. The van der Waals surface area contributed by atoms with Gasteiger partial charge < -0.3 is 29.6 Å². The number of hydrogen-bond acceptors (Lipinski definition) is 10. The molecule has 12 heteroatoms. The van der Waals surface area contributed by atoms with Crippen LogP contribution < -0.4 is 19.6 Å². The Hall–Kier alpha value is -5.52. The Bertz CT molecular complexity index is 1810. The average Bonchev–Trinajstić information content (AvgIpc) is 3.71. The molecule has 0 fully saturated rings. The molecule has 5 aromatic rings. The molecule has 2 aliphatic rings. The van der Waals surface area contributed by atoms with Crippen molar-refractivity contribution in [2.24, 2.45) is 0 Å². The Balaban J connectivity index is 1.72. The number of H-pyrrole nitrogens is 2. The van der Waals surface area contributed by atoms with Crippen LogP contribution in [0.3, 0.4) is 0 Å². The van der Waals surface area contributed by atoms with Gasteiger partial charge in [-0.2, -0.15) is 0 Å². The standard InChI is InChI=1S/C32H34N12/c1-41(2)21-22(42(3)4)30-36-26-19-15-11-12-16-20(19)28(34-26)38-32-24(44(7)8)23(43(5)6)31(40-32)37-27-18-14-10-9-13-17(18)25(33-27)35-29(21)39-30/h9-16H,1-8H3,(H2,33,34,35,36,37,38,39,40). The van der Waals surface area contributed by atoms with Gasteiger partial charge in [0.25, 0.3) is 0 Å². The summed E-state index contributed by atoms with van der Waals surface area (Å²) in [6.45, 7) is 0. The molecule has 0 saturated carbocycles. The van der Waals surface area contributed by atoms with Crippen LogP contribution in [0.15, 0.2) is 48.5 Å². The summed E-state index contributed by atoms with van der Waals surface area (Å²) < 4.78 is 0. The lowest BCUT2D eigenvalue weighted by Crippen LogP contribution is -2.15. The van der Waals surface area contributed by atoms with Crippen molar-refractivity contribution in [2.45, 2.75) is 0 Å². The molecule has 2 N–H and O–H groups in total. The van der Waals surface area contributed by atoms with Gasteiger partial charge in [-0.05, 0) is 0 Å². The molecule has 0 atom stereocenters. The smallest absolute Gasteiger partial charge is 0.164 e. The highest BCUT2D eigenvalue weighted by Crippen LogP contribution is 2.41. The van der Waals surface area contributed by atoms with Gasteiger partial charge >= 0.3 is 0 Å². The fourth-order valence-electron chi connectivity index (χ4n) is 5.88. The van der Waals surface area contributed by atoms with Crippen LogP contribution in [-0.2, 0) is 0 Å². The van der Waals surface area contributed by atoms with Gasteiger partial charge in [0.1, 0.15) is 22.7 Å². The summed E-state index contributed by atoms with van der Waals surface area (Å²) >= 11 is 0. The second kappa shape index (κ2) is 10.0. The minimum atomic E-state index is 0.572. The van der Waals surface area contributed by atoms with Crippen LogP contribution >= 0.6 is 0 Å². The zero-order chi connectivity index (χ0) is 30.9. The van der Waals surface area contributed by atoms with E-state index >= 15 is 0 Å². The molecule has 2 aliphatic heterocycles. The van der Waals surface area contributed by atoms with Gasteiger partial charge in [0.05, 0.1) is 0 Å². The van der Waals surface area contributed by atoms with Crippen molar-refractivity contribution in [3.8, 4) is 45.6 Å². The van der Waals surface area contributed by atoms with Crippen molar-refractivity contribution in [1.29, 1.82) is 0 Å². The maximum atomic E-state index is 5.11. The molecule has 8 bridgehead atoms. The SMILES string of the molecule is CN(C)c1c(N(C)C)c2nc3nc(nc4[nH]c(nc5nc(nc1[nH]2)-c1ccccc1-5)c(N(C)C)c4N(C)C)-c1ccccc1-3. The number of aromatic nitrogens is 8. The second-order valence-electron chi connectivity index (χ2n) is 11.7. The Morgan fingerprint density at radius 3 is 0.795 bits per heavy atom. The number of benzene rings is 2. The minimum Gasteiger partial charge on any atom is -0.373 e. The maximum absolute atomic E-state index is 5.11. The van der Waals surface area contributed by atoms with Crippen LogP contribution in [0.1, 0.15) is 0 Å². The number of aromatic amines is 2. The van der Waals surface area contributed by atoms with Crippen molar-refractivity contribution in [1.82, 2.24) is 39.9 Å². The van der Waals surface area contributed by atoms with E-state index < -0.39 is 0 Å². The first-order chi connectivity index (χ1) is 21.1. The predicted octanol–water partition coefficient (Wildman–Crippen LogP) is 4.83. The van der Waals surface area contributed by atoms with E-state index in [2.05, 4.69) is 9.97 Å². The van der Waals surface area contributed by atoms with Gasteiger partial charge in [0.15, 0.2) is 45.9 Å². The zero-order valence-corrected chi connectivity index (χ0v) is 26.1. The normalized spacial score (nSPS) is 11.6. The van der Waals surface area contributed by atoms with Crippen LogP contribution in [0.2, 0.25) is 0 Å². The molecular weight excluding hydrogens is 552 g/mol. The van der Waals surface area contributed by atoms with Crippen LogP contribution in [0.5, 0.6) is 0 Å². The van der Waals surface area contributed by atoms with Gasteiger partial charge in [-0.15, -0.1) is 0 Å². The van der Waals surface area contributed by atoms with E-state index in [1.807, 2.05) is 125 Å². The Kier molecular flexibility index (Phi) is 6.23. The van der Waals surface area contributed by atoms with E-state index in [1.165, 1.54) is 0 Å². The number of fused-ring (bicyclic) bond motifs is 14. The van der Waals surface area contributed by atoms with Gasteiger partial charge in [0, 0.05) is 78.6 Å². The third-order valence-corrected chi connectivity index (χ3v) is 7.72. The van der Waals surface area contributed by atoms with Crippen molar-refractivity contribution in [3.63, 3.8) is 0 Å². The molecule has 44 heavy (non-hydrogen) atoms. The molecule has 2 aromatic carbocycles. The van der Waals surface area contributed by atoms with Crippen molar-refractivity contribution < 1.29 is 0 Å². The molecular formula is C32H34N12. The first-order valence-corrected chi connectivity index (χ1v) is 14.3. The second-order valence-corrected chi connectivity index (χ2v) is 11.7. The largest absolute Gasteiger partial charge is 0.373 e. The molecule has 7 rings (SSSR count). The van der Waals surface area contributed by atoms with E-state index in [0.717, 1.165) is 45.0 Å². The number of rotatable bonds is 4. The highest BCUT2D eigenvalue weighted by Gasteiger charge is 2.25. The maximum Gasteiger partial charge on any atom is 0.164 e. The van der Waals surface area contributed by atoms with Crippen molar-refractivity contribution in [2.75, 3.05) is 76.0 Å². The molecule has 222 valence electrons. The first-order valence-electron chi connectivity index (χ1n) is 14.3. The van der Waals surface area contributed by atoms with Crippen LogP contribution in [0.4, 0.5) is 22.7 Å². The number of nitrogens with one attached hydrogen (secondary N) is 2. The number of anilines is 4. The van der Waals surface area contributed by atoms with Gasteiger partial charge in [0.2, 0.25) is 0 Å². The van der Waals surface area contributed by atoms with Crippen LogP contribution in [0, 0.1) is 0 Å². The third-order valence-electron chi connectivity index (χ3n) is 7.72. The lowest BCUT2D eigenvalue weighted by Gasteiger charge is -2.18. The zero-order valence-electron chi connectivity index (χ0n) is 26.1. The average molecular weight is 587 g/mol. The van der Waals surface area contributed by atoms with Gasteiger partial charge in [-0.3, -0.25) is 0 Å². The summed E-state index contributed by atoms with van der Waals surface area (Å²) in [5, 5.41) is 0. The Labute approximate surface area is 255 Å². The molecule has 0 aliphatic carbocycles. The molecule has 5 heterocycles. The highest BCUT2D eigenvalue weighted by molar-refractivity contribution is 5.97. The summed E-state index contributed by atoms with van der Waals surface area (Å²) in [7, 11) is 16.0. The molecule has 3 aromatic heterocycles. The van der Waals surface area contributed by atoms with Crippen molar-refractivity contribution >= 4 is 45.3 Å². The molecule has 0 spiro atoms. The minimum absolute atomic E-state index is 0.572.